The van der Waals surface area contributed by atoms with E-state index in [2.05, 4.69) is 31.9 Å². The monoisotopic (exact) mass is 478 g/mol. The Labute approximate surface area is 156 Å². The van der Waals surface area contributed by atoms with Crippen LogP contribution in [0.2, 0.25) is 0 Å². The van der Waals surface area contributed by atoms with E-state index in [0.29, 0.717) is 19.7 Å². The van der Waals surface area contributed by atoms with Crippen LogP contribution in [0, 0.1) is 0 Å². The maximum absolute atomic E-state index is 14.8. The van der Waals surface area contributed by atoms with Crippen molar-refractivity contribution in [3.8, 4) is 0 Å². The van der Waals surface area contributed by atoms with E-state index in [4.69, 9.17) is 0 Å². The van der Waals surface area contributed by atoms with Crippen molar-refractivity contribution in [2.75, 3.05) is 0 Å². The molecule has 0 saturated heterocycles. The molecule has 3 aromatic rings. The first-order valence-electron chi connectivity index (χ1n) is 7.30. The quantitative estimate of drug-likeness (QED) is 0.232. The first-order chi connectivity index (χ1) is 11.5. The van der Waals surface area contributed by atoms with Crippen molar-refractivity contribution >= 4 is 53.4 Å². The van der Waals surface area contributed by atoms with Crippen molar-refractivity contribution in [3.63, 3.8) is 0 Å². The van der Waals surface area contributed by atoms with Gasteiger partial charge in [-0.15, -0.1) is 0 Å². The van der Waals surface area contributed by atoms with Gasteiger partial charge in [-0.25, -0.2) is 4.39 Å². The van der Waals surface area contributed by atoms with E-state index >= 15 is 0 Å². The molecule has 0 spiro atoms. The molecule has 0 fully saturated rings. The maximum atomic E-state index is 14.8. The topological polar surface area (TPSA) is 0 Å². The van der Waals surface area contributed by atoms with Gasteiger partial charge in [-0.1, -0.05) is 44.0 Å². The maximum Gasteiger partial charge on any atom is 0.313 e. The van der Waals surface area contributed by atoms with Gasteiger partial charge in [0, 0.05) is 20.1 Å². The number of hydrogen-bond acceptors (Lipinski definition) is 0. The molecule has 0 nitrogen and oxygen atoms in total. The molecule has 0 saturated carbocycles. The summed E-state index contributed by atoms with van der Waals surface area (Å²) < 4.78 is 74.9. The average molecular weight is 480 g/mol. The molecule has 7 heteroatoms. The van der Waals surface area contributed by atoms with Gasteiger partial charge in [0.05, 0.1) is 0 Å². The third-order valence-electron chi connectivity index (χ3n) is 4.85. The Morgan fingerprint density at radius 2 is 1.00 bits per heavy atom. The molecule has 1 aliphatic rings. The minimum Gasteiger partial charge on any atom is -0.230 e. The zero-order chi connectivity index (χ0) is 18.4. The lowest BCUT2D eigenvalue weighted by molar-refractivity contribution is -0.228. The van der Waals surface area contributed by atoms with E-state index in [-0.39, 0.29) is 17.7 Å². The van der Waals surface area contributed by atoms with Crippen LogP contribution in [0.15, 0.2) is 45.3 Å². The van der Waals surface area contributed by atoms with Crippen LogP contribution in [-0.2, 0) is 11.8 Å². The summed E-state index contributed by atoms with van der Waals surface area (Å²) in [5.41, 5.74) is -5.90. The molecule has 0 bridgehead atoms. The number of hydrogen-bond donors (Lipinski definition) is 0. The molecule has 3 aromatic carbocycles. The Bertz CT molecular complexity index is 974. The Morgan fingerprint density at radius 3 is 1.36 bits per heavy atom. The fraction of sp³-hybridized carbons (Fsp3) is 0.222. The largest absolute Gasteiger partial charge is 0.313 e. The van der Waals surface area contributed by atoms with Crippen molar-refractivity contribution in [2.45, 2.75) is 24.4 Å². The predicted octanol–water partition coefficient (Wildman–Crippen LogP) is 7.44. The lowest BCUT2D eigenvalue weighted by Crippen LogP contribution is -2.44. The third kappa shape index (κ3) is 1.97. The highest BCUT2D eigenvalue weighted by molar-refractivity contribution is 9.10. The molecule has 0 unspecified atom stereocenters. The van der Waals surface area contributed by atoms with Crippen molar-refractivity contribution < 1.29 is 22.0 Å². The van der Waals surface area contributed by atoms with Gasteiger partial charge in [-0.2, -0.15) is 17.6 Å². The summed E-state index contributed by atoms with van der Waals surface area (Å²) in [6.07, 6.45) is 0. The molecular formula is C18H9Br2F5. The highest BCUT2D eigenvalue weighted by Gasteiger charge is 2.75. The number of fused-ring (bicyclic) bond motifs is 6. The molecule has 0 heterocycles. The van der Waals surface area contributed by atoms with Crippen LogP contribution in [0.5, 0.6) is 0 Å². The van der Waals surface area contributed by atoms with Crippen LogP contribution >= 0.6 is 31.9 Å². The molecule has 130 valence electrons. The van der Waals surface area contributed by atoms with Crippen LogP contribution in [0.1, 0.15) is 18.1 Å². The van der Waals surface area contributed by atoms with Gasteiger partial charge in [0.1, 0.15) is 0 Å². The molecule has 0 aromatic heterocycles. The van der Waals surface area contributed by atoms with Gasteiger partial charge < -0.3 is 0 Å². The fourth-order valence-corrected chi connectivity index (χ4v) is 4.23. The minimum atomic E-state index is -4.33. The molecule has 0 radical (unpaired) electrons. The standard InChI is InChI=1S/C18H9Br2F5/c1-16(21)17(22,23)14-12-6-8(19)2-4-10(12)11-5-3-9(20)7-13(11)15(14)18(16,24)25/h2-7H,1H3. The Morgan fingerprint density at radius 1 is 0.640 bits per heavy atom. The van der Waals surface area contributed by atoms with E-state index in [0.717, 1.165) is 0 Å². The van der Waals surface area contributed by atoms with E-state index in [1.165, 1.54) is 12.1 Å². The number of benzene rings is 3. The molecule has 1 aliphatic carbocycles. The summed E-state index contributed by atoms with van der Waals surface area (Å²) >= 11 is 6.35. The van der Waals surface area contributed by atoms with E-state index < -0.39 is 28.6 Å². The summed E-state index contributed by atoms with van der Waals surface area (Å²) in [6, 6.07) is 9.07. The van der Waals surface area contributed by atoms with Gasteiger partial charge in [-0.3, -0.25) is 0 Å². The van der Waals surface area contributed by atoms with Crippen LogP contribution in [0.3, 0.4) is 0 Å². The van der Waals surface area contributed by atoms with Crippen molar-refractivity contribution in [1.82, 2.24) is 0 Å². The van der Waals surface area contributed by atoms with Gasteiger partial charge in [0.2, 0.25) is 5.67 Å². The van der Waals surface area contributed by atoms with Gasteiger partial charge in [0.15, 0.2) is 0 Å². The SMILES string of the molecule is CC1(F)C(F)(F)c2c(c3cc(Br)ccc3c3ccc(Br)cc23)C1(F)F. The smallest absolute Gasteiger partial charge is 0.230 e. The first-order valence-corrected chi connectivity index (χ1v) is 8.88. The van der Waals surface area contributed by atoms with Gasteiger partial charge in [-0.05, 0) is 52.7 Å². The molecule has 0 aliphatic heterocycles. The van der Waals surface area contributed by atoms with Crippen molar-refractivity contribution in [3.05, 3.63) is 56.5 Å². The molecule has 0 atom stereocenters. The molecule has 25 heavy (non-hydrogen) atoms. The van der Waals surface area contributed by atoms with E-state index in [1.807, 2.05) is 0 Å². The third-order valence-corrected chi connectivity index (χ3v) is 5.84. The number of halogens is 7. The summed E-state index contributed by atoms with van der Waals surface area (Å²) in [5.74, 6) is -8.66. The van der Waals surface area contributed by atoms with E-state index in [9.17, 15) is 22.0 Å². The molecule has 0 amide bonds. The number of alkyl halides is 5. The van der Waals surface area contributed by atoms with Crippen molar-refractivity contribution in [1.29, 1.82) is 0 Å². The number of rotatable bonds is 0. The fourth-order valence-electron chi connectivity index (χ4n) is 3.50. The second-order valence-corrected chi connectivity index (χ2v) is 8.11. The summed E-state index contributed by atoms with van der Waals surface area (Å²) in [4.78, 5) is 0. The normalized spacial score (nSPS) is 20.2. The highest BCUT2D eigenvalue weighted by atomic mass is 79.9. The van der Waals surface area contributed by atoms with Gasteiger partial charge >= 0.3 is 11.8 Å². The molecule has 0 N–H and O–H groups in total. The van der Waals surface area contributed by atoms with E-state index in [1.54, 1.807) is 24.3 Å². The average Bonchev–Trinajstić information content (AvgIpc) is 2.62. The van der Waals surface area contributed by atoms with Crippen LogP contribution in [0.4, 0.5) is 22.0 Å². The highest BCUT2D eigenvalue weighted by Crippen LogP contribution is 2.65. The Kier molecular flexibility index (Phi) is 3.40. The van der Waals surface area contributed by atoms with Crippen LogP contribution in [-0.4, -0.2) is 5.67 Å². The Balaban J connectivity index is 2.37. The zero-order valence-electron chi connectivity index (χ0n) is 12.6. The molecular weight excluding hydrogens is 471 g/mol. The van der Waals surface area contributed by atoms with Gasteiger partial charge in [0.25, 0.3) is 0 Å². The van der Waals surface area contributed by atoms with Crippen LogP contribution in [0.25, 0.3) is 21.5 Å². The molecule has 4 rings (SSSR count). The summed E-state index contributed by atoms with van der Waals surface area (Å²) in [7, 11) is 0. The van der Waals surface area contributed by atoms with Crippen LogP contribution < -0.4 is 0 Å². The first kappa shape index (κ1) is 17.2. The Hall–Kier alpha value is -1.21. The summed E-state index contributed by atoms with van der Waals surface area (Å²) in [6.45, 7) is 0.265. The minimum absolute atomic E-state index is 0.0785. The second-order valence-electron chi connectivity index (χ2n) is 6.28. The summed E-state index contributed by atoms with van der Waals surface area (Å²) in [5, 5.41) is 0.589. The predicted molar refractivity (Wildman–Crippen MR) is 94.2 cm³/mol. The van der Waals surface area contributed by atoms with Crippen molar-refractivity contribution in [2.24, 2.45) is 0 Å². The lowest BCUT2D eigenvalue weighted by Gasteiger charge is -2.27. The zero-order valence-corrected chi connectivity index (χ0v) is 15.8. The lowest BCUT2D eigenvalue weighted by atomic mass is 9.92. The second kappa shape index (κ2) is 4.94.